The third-order valence-corrected chi connectivity index (χ3v) is 4.13. The van der Waals surface area contributed by atoms with Gasteiger partial charge in [0.1, 0.15) is 0 Å². The summed E-state index contributed by atoms with van der Waals surface area (Å²) >= 11 is 1.76. The highest BCUT2D eigenvalue weighted by Gasteiger charge is 2.19. The molecule has 3 heteroatoms. The summed E-state index contributed by atoms with van der Waals surface area (Å²) in [7, 11) is 2.08. The van der Waals surface area contributed by atoms with Crippen molar-refractivity contribution in [3.05, 3.63) is 48.0 Å². The molecule has 0 fully saturated rings. The monoisotopic (exact) mass is 243 g/mol. The second kappa shape index (κ2) is 4.09. The van der Waals surface area contributed by atoms with Gasteiger partial charge in [0.05, 0.1) is 18.0 Å². The van der Waals surface area contributed by atoms with Gasteiger partial charge in [-0.1, -0.05) is 30.0 Å². The molecule has 0 amide bonds. The molecule has 0 bridgehead atoms. The third-order valence-electron chi connectivity index (χ3n) is 3.01. The molecule has 0 aromatic heterocycles. The Labute approximate surface area is 105 Å². The van der Waals surface area contributed by atoms with Crippen LogP contribution in [-0.2, 0) is 6.61 Å². The van der Waals surface area contributed by atoms with Crippen LogP contribution in [0.3, 0.4) is 0 Å². The first-order valence-corrected chi connectivity index (χ1v) is 6.35. The van der Waals surface area contributed by atoms with E-state index in [2.05, 4.69) is 48.3 Å². The van der Waals surface area contributed by atoms with Crippen LogP contribution in [0.1, 0.15) is 5.56 Å². The average Bonchev–Trinajstić information content (AvgIpc) is 2.38. The van der Waals surface area contributed by atoms with Gasteiger partial charge in [0.25, 0.3) is 0 Å². The van der Waals surface area contributed by atoms with Crippen molar-refractivity contribution < 1.29 is 5.11 Å². The molecule has 0 spiro atoms. The highest BCUT2D eigenvalue weighted by atomic mass is 32.2. The van der Waals surface area contributed by atoms with E-state index in [1.165, 1.54) is 21.2 Å². The van der Waals surface area contributed by atoms with Gasteiger partial charge in [-0.05, 0) is 29.8 Å². The van der Waals surface area contributed by atoms with Gasteiger partial charge in [0, 0.05) is 16.8 Å². The quantitative estimate of drug-likeness (QED) is 0.830. The fourth-order valence-electron chi connectivity index (χ4n) is 2.08. The molecule has 1 N–H and O–H groups in total. The zero-order valence-corrected chi connectivity index (χ0v) is 10.4. The first-order chi connectivity index (χ1) is 8.29. The molecule has 0 atom stereocenters. The molecule has 2 aromatic carbocycles. The van der Waals surface area contributed by atoms with Crippen molar-refractivity contribution in [2.75, 3.05) is 11.9 Å². The molecule has 0 unspecified atom stereocenters. The second-order valence-electron chi connectivity index (χ2n) is 4.09. The van der Waals surface area contributed by atoms with E-state index in [4.69, 9.17) is 0 Å². The molecule has 86 valence electrons. The van der Waals surface area contributed by atoms with Crippen molar-refractivity contribution in [3.63, 3.8) is 0 Å². The summed E-state index contributed by atoms with van der Waals surface area (Å²) in [5.74, 6) is 0. The lowest BCUT2D eigenvalue weighted by molar-refractivity contribution is 0.281. The van der Waals surface area contributed by atoms with E-state index in [-0.39, 0.29) is 6.61 Å². The normalized spacial score (nSPS) is 13.2. The molecule has 1 heterocycles. The standard InChI is InChI=1S/C14H13NOS/c1-15-11-4-2-3-5-13(11)17-14-8-10(9-16)6-7-12(14)15/h2-8,16H,9H2,1H3. The Balaban J connectivity index is 2.12. The maximum atomic E-state index is 9.18. The molecular weight excluding hydrogens is 230 g/mol. The maximum absolute atomic E-state index is 9.18. The fraction of sp³-hybridized carbons (Fsp3) is 0.143. The predicted molar refractivity (Wildman–Crippen MR) is 71.0 cm³/mol. The van der Waals surface area contributed by atoms with Crippen LogP contribution >= 0.6 is 11.8 Å². The summed E-state index contributed by atoms with van der Waals surface area (Å²) in [4.78, 5) is 4.66. The number of anilines is 2. The highest BCUT2D eigenvalue weighted by molar-refractivity contribution is 7.99. The van der Waals surface area contributed by atoms with E-state index in [0.717, 1.165) is 5.56 Å². The van der Waals surface area contributed by atoms with E-state index in [9.17, 15) is 5.11 Å². The van der Waals surface area contributed by atoms with Crippen molar-refractivity contribution in [2.24, 2.45) is 0 Å². The van der Waals surface area contributed by atoms with Crippen LogP contribution in [0.25, 0.3) is 0 Å². The van der Waals surface area contributed by atoms with Gasteiger partial charge in [0.2, 0.25) is 0 Å². The van der Waals surface area contributed by atoms with Crippen LogP contribution in [0.2, 0.25) is 0 Å². The lowest BCUT2D eigenvalue weighted by Crippen LogP contribution is -2.14. The first-order valence-electron chi connectivity index (χ1n) is 5.54. The van der Waals surface area contributed by atoms with Crippen LogP contribution in [-0.4, -0.2) is 12.2 Å². The van der Waals surface area contributed by atoms with E-state index in [1.807, 2.05) is 6.07 Å². The van der Waals surface area contributed by atoms with Crippen LogP contribution in [0, 0.1) is 0 Å². The van der Waals surface area contributed by atoms with Crippen molar-refractivity contribution in [1.82, 2.24) is 0 Å². The number of rotatable bonds is 1. The Hall–Kier alpha value is -1.45. The Kier molecular flexibility index (Phi) is 2.57. The van der Waals surface area contributed by atoms with E-state index < -0.39 is 0 Å². The molecule has 0 aliphatic carbocycles. The van der Waals surface area contributed by atoms with Crippen LogP contribution < -0.4 is 4.90 Å². The van der Waals surface area contributed by atoms with Gasteiger partial charge in [-0.15, -0.1) is 0 Å². The average molecular weight is 243 g/mol. The molecule has 2 nitrogen and oxygen atoms in total. The molecule has 17 heavy (non-hydrogen) atoms. The summed E-state index contributed by atoms with van der Waals surface area (Å²) in [5.41, 5.74) is 3.40. The van der Waals surface area contributed by atoms with Gasteiger partial charge in [-0.25, -0.2) is 0 Å². The number of nitrogens with zero attached hydrogens (tertiary/aromatic N) is 1. The van der Waals surface area contributed by atoms with Crippen molar-refractivity contribution >= 4 is 23.1 Å². The topological polar surface area (TPSA) is 23.5 Å². The van der Waals surface area contributed by atoms with Crippen LogP contribution in [0.5, 0.6) is 0 Å². The summed E-state index contributed by atoms with van der Waals surface area (Å²) in [5, 5.41) is 9.18. The number of aliphatic hydroxyl groups is 1. The zero-order valence-electron chi connectivity index (χ0n) is 9.55. The van der Waals surface area contributed by atoms with Gasteiger partial charge in [-0.2, -0.15) is 0 Å². The number of benzene rings is 2. The Morgan fingerprint density at radius 3 is 2.65 bits per heavy atom. The molecule has 0 saturated heterocycles. The lowest BCUT2D eigenvalue weighted by atomic mass is 10.2. The zero-order chi connectivity index (χ0) is 11.8. The number of fused-ring (bicyclic) bond motifs is 2. The van der Waals surface area contributed by atoms with Crippen LogP contribution in [0.4, 0.5) is 11.4 Å². The second-order valence-corrected chi connectivity index (χ2v) is 5.17. The minimum absolute atomic E-state index is 0.0964. The van der Waals surface area contributed by atoms with Crippen LogP contribution in [0.15, 0.2) is 52.3 Å². The molecule has 0 radical (unpaired) electrons. The van der Waals surface area contributed by atoms with E-state index >= 15 is 0 Å². The minimum Gasteiger partial charge on any atom is -0.392 e. The van der Waals surface area contributed by atoms with Crippen molar-refractivity contribution in [1.29, 1.82) is 0 Å². The van der Waals surface area contributed by atoms with Crippen molar-refractivity contribution in [3.8, 4) is 0 Å². The highest BCUT2D eigenvalue weighted by Crippen LogP contribution is 2.47. The number of para-hydroxylation sites is 1. The summed E-state index contributed by atoms with van der Waals surface area (Å²) in [6, 6.07) is 14.5. The molecule has 2 aromatic rings. The first kappa shape index (κ1) is 10.7. The SMILES string of the molecule is CN1c2ccccc2Sc2cc(CO)ccc21. The Morgan fingerprint density at radius 2 is 1.82 bits per heavy atom. The molecule has 1 aliphatic rings. The smallest absolute Gasteiger partial charge is 0.0682 e. The number of aliphatic hydroxyl groups excluding tert-OH is 1. The van der Waals surface area contributed by atoms with Gasteiger partial charge < -0.3 is 10.0 Å². The Morgan fingerprint density at radius 1 is 1.06 bits per heavy atom. The Bertz CT molecular complexity index is 568. The number of hydrogen-bond donors (Lipinski definition) is 1. The minimum atomic E-state index is 0.0964. The molecule has 1 aliphatic heterocycles. The third kappa shape index (κ3) is 1.72. The summed E-state index contributed by atoms with van der Waals surface area (Å²) < 4.78 is 0. The number of hydrogen-bond acceptors (Lipinski definition) is 3. The van der Waals surface area contributed by atoms with Gasteiger partial charge >= 0.3 is 0 Å². The summed E-state index contributed by atoms with van der Waals surface area (Å²) in [6.45, 7) is 0.0964. The van der Waals surface area contributed by atoms with Gasteiger partial charge in [-0.3, -0.25) is 0 Å². The van der Waals surface area contributed by atoms with Gasteiger partial charge in [0.15, 0.2) is 0 Å². The largest absolute Gasteiger partial charge is 0.392 e. The summed E-state index contributed by atoms with van der Waals surface area (Å²) in [6.07, 6.45) is 0. The van der Waals surface area contributed by atoms with Crippen molar-refractivity contribution in [2.45, 2.75) is 16.4 Å². The molecule has 3 rings (SSSR count). The van der Waals surface area contributed by atoms with E-state index in [1.54, 1.807) is 11.8 Å². The van der Waals surface area contributed by atoms with E-state index in [0.29, 0.717) is 0 Å². The maximum Gasteiger partial charge on any atom is 0.0682 e. The fourth-order valence-corrected chi connectivity index (χ4v) is 3.30. The molecule has 0 saturated carbocycles. The molecular formula is C14H13NOS. The lowest BCUT2D eigenvalue weighted by Gasteiger charge is -2.29. The predicted octanol–water partition coefficient (Wildman–Crippen LogP) is 3.41.